The van der Waals surface area contributed by atoms with Crippen molar-refractivity contribution >= 4 is 36.3 Å². The highest BCUT2D eigenvalue weighted by molar-refractivity contribution is 7.80. The number of nitrogens with zero attached hydrogens (tertiary/aromatic N) is 1. The fourth-order valence-corrected chi connectivity index (χ4v) is 2.54. The van der Waals surface area contributed by atoms with E-state index in [0.29, 0.717) is 5.69 Å². The van der Waals surface area contributed by atoms with Gasteiger partial charge in [0, 0.05) is 24.1 Å². The zero-order chi connectivity index (χ0) is 22.8. The van der Waals surface area contributed by atoms with E-state index in [4.69, 9.17) is 15.9 Å². The van der Waals surface area contributed by atoms with Crippen LogP contribution in [0.2, 0.25) is 0 Å². The summed E-state index contributed by atoms with van der Waals surface area (Å²) in [5, 5.41) is 34.7. The first-order chi connectivity index (χ1) is 14.1. The number of amides is 3. The van der Waals surface area contributed by atoms with Crippen molar-refractivity contribution in [3.8, 4) is 0 Å². The van der Waals surface area contributed by atoms with E-state index >= 15 is 0 Å². The second-order valence-corrected chi connectivity index (χ2v) is 6.81. The van der Waals surface area contributed by atoms with Crippen LogP contribution in [0.5, 0.6) is 0 Å². The molecule has 0 aliphatic rings. The van der Waals surface area contributed by atoms with Crippen LogP contribution in [-0.2, 0) is 25.6 Å². The molecule has 0 spiro atoms. The Bertz CT molecular complexity index is 730. The Kier molecular flexibility index (Phi) is 10.2. The number of aliphatic carboxylic acids is 1. The number of hydrogen-bond donors (Lipinski definition) is 9. The van der Waals surface area contributed by atoms with Crippen LogP contribution in [0.25, 0.3) is 0 Å². The van der Waals surface area contributed by atoms with Gasteiger partial charge >= 0.3 is 5.97 Å². The highest BCUT2D eigenvalue weighted by Crippen LogP contribution is 2.03. The Morgan fingerprint density at radius 1 is 1.17 bits per heavy atom. The van der Waals surface area contributed by atoms with E-state index in [2.05, 4.69) is 38.5 Å². The third-order valence-electron chi connectivity index (χ3n) is 4.01. The summed E-state index contributed by atoms with van der Waals surface area (Å²) in [6, 6.07) is -5.34. The number of hydrogen-bond acceptors (Lipinski definition) is 9. The number of H-pyrrole nitrogens is 1. The lowest BCUT2D eigenvalue weighted by Crippen LogP contribution is -2.60. The number of imidazole rings is 1. The molecule has 5 unspecified atom stereocenters. The third-order valence-corrected chi connectivity index (χ3v) is 4.37. The van der Waals surface area contributed by atoms with E-state index in [0.717, 1.165) is 0 Å². The van der Waals surface area contributed by atoms with Crippen LogP contribution in [0.15, 0.2) is 12.5 Å². The third kappa shape index (κ3) is 7.62. The quantitative estimate of drug-likeness (QED) is 0.143. The molecule has 13 nitrogen and oxygen atoms in total. The van der Waals surface area contributed by atoms with E-state index in [1.165, 1.54) is 19.4 Å². The molecule has 1 aromatic heterocycles. The van der Waals surface area contributed by atoms with Crippen molar-refractivity contribution in [1.82, 2.24) is 25.9 Å². The molecule has 0 saturated carbocycles. The number of carboxylic acids is 1. The topological polar surface area (TPSA) is 220 Å². The number of aromatic amines is 1. The molecular weight excluding hydrogens is 420 g/mol. The summed E-state index contributed by atoms with van der Waals surface area (Å²) in [4.78, 5) is 54.8. The Hall–Kier alpha value is -2.68. The minimum atomic E-state index is -1.51. The Morgan fingerprint density at radius 3 is 2.27 bits per heavy atom. The molecule has 1 heterocycles. The molecular formula is C16H26N6O7S. The number of carboxylic acid groups (broad SMARTS) is 1. The molecule has 0 saturated heterocycles. The standard InChI is InChI=1S/C16H26N6O7S/c1-7(24)12(15(27)21-11(5-30)16(28)29)22-14(26)10(2-8-3-18-6-19-8)20-13(25)9(17)4-23/h3,6-7,9-12,23-24,30H,2,4-5,17H2,1H3,(H,18,19)(H,20,25)(H,21,27)(H,22,26)(H,28,29). The first-order valence-corrected chi connectivity index (χ1v) is 9.50. The Labute approximate surface area is 177 Å². The van der Waals surface area contributed by atoms with Crippen LogP contribution in [0, 0.1) is 0 Å². The summed E-state index contributed by atoms with van der Waals surface area (Å²) in [5.41, 5.74) is 5.93. The average Bonchev–Trinajstić information content (AvgIpc) is 3.21. The van der Waals surface area contributed by atoms with Gasteiger partial charge in [-0.05, 0) is 6.92 Å². The second-order valence-electron chi connectivity index (χ2n) is 6.44. The Morgan fingerprint density at radius 2 is 1.80 bits per heavy atom. The zero-order valence-corrected chi connectivity index (χ0v) is 17.0. The van der Waals surface area contributed by atoms with Gasteiger partial charge in [0.15, 0.2) is 0 Å². The summed E-state index contributed by atoms with van der Waals surface area (Å²) in [5.74, 6) is -4.15. The van der Waals surface area contributed by atoms with Crippen molar-refractivity contribution in [2.24, 2.45) is 5.73 Å². The van der Waals surface area contributed by atoms with Gasteiger partial charge < -0.3 is 42.0 Å². The van der Waals surface area contributed by atoms with E-state index in [9.17, 15) is 24.3 Å². The zero-order valence-electron chi connectivity index (χ0n) is 16.1. The molecule has 3 amide bonds. The smallest absolute Gasteiger partial charge is 0.327 e. The fourth-order valence-electron chi connectivity index (χ4n) is 2.29. The molecule has 0 fully saturated rings. The maximum absolute atomic E-state index is 12.7. The van der Waals surface area contributed by atoms with Crippen LogP contribution < -0.4 is 21.7 Å². The highest BCUT2D eigenvalue weighted by Gasteiger charge is 2.32. The highest BCUT2D eigenvalue weighted by atomic mass is 32.1. The number of aliphatic hydroxyl groups is 2. The van der Waals surface area contributed by atoms with Gasteiger partial charge in [-0.15, -0.1) is 0 Å². The minimum absolute atomic E-state index is 0.0573. The molecule has 0 aromatic carbocycles. The SMILES string of the molecule is CC(O)C(NC(=O)C(Cc1cnc[nH]1)NC(=O)C(N)CO)C(=O)NC(CS)C(=O)O. The summed E-state index contributed by atoms with van der Waals surface area (Å²) in [6.45, 7) is 0.578. The van der Waals surface area contributed by atoms with Crippen LogP contribution >= 0.6 is 12.6 Å². The predicted molar refractivity (Wildman–Crippen MR) is 106 cm³/mol. The lowest BCUT2D eigenvalue weighted by atomic mass is 10.1. The number of rotatable bonds is 12. The maximum atomic E-state index is 12.7. The predicted octanol–water partition coefficient (Wildman–Crippen LogP) is -3.88. The first kappa shape index (κ1) is 25.4. The van der Waals surface area contributed by atoms with Gasteiger partial charge in [-0.3, -0.25) is 14.4 Å². The summed E-state index contributed by atoms with van der Waals surface area (Å²) in [6.07, 6.45) is 1.34. The van der Waals surface area contributed by atoms with Crippen LogP contribution in [0.1, 0.15) is 12.6 Å². The van der Waals surface area contributed by atoms with Crippen LogP contribution in [0.4, 0.5) is 0 Å². The van der Waals surface area contributed by atoms with E-state index in [1.54, 1.807) is 0 Å². The van der Waals surface area contributed by atoms with Crippen molar-refractivity contribution in [3.05, 3.63) is 18.2 Å². The molecule has 0 aliphatic carbocycles. The molecule has 1 aromatic rings. The molecule has 168 valence electrons. The Balaban J connectivity index is 2.97. The first-order valence-electron chi connectivity index (χ1n) is 8.87. The summed E-state index contributed by atoms with van der Waals surface area (Å²) < 4.78 is 0. The van der Waals surface area contributed by atoms with Crippen LogP contribution in [0.3, 0.4) is 0 Å². The molecule has 5 atom stereocenters. The number of carbonyl (C=O) groups is 4. The van der Waals surface area contributed by atoms with Gasteiger partial charge in [0.2, 0.25) is 17.7 Å². The summed E-state index contributed by atoms with van der Waals surface area (Å²) in [7, 11) is 0. The number of aromatic nitrogens is 2. The van der Waals surface area contributed by atoms with Gasteiger partial charge in [-0.25, -0.2) is 9.78 Å². The number of nitrogens with one attached hydrogen (secondary N) is 4. The lowest BCUT2D eigenvalue weighted by Gasteiger charge is -2.26. The van der Waals surface area contributed by atoms with E-state index < -0.39 is 60.6 Å². The molecule has 30 heavy (non-hydrogen) atoms. The lowest BCUT2D eigenvalue weighted by molar-refractivity contribution is -0.142. The monoisotopic (exact) mass is 446 g/mol. The van der Waals surface area contributed by atoms with E-state index in [1.807, 2.05) is 0 Å². The number of nitrogens with two attached hydrogens (primary N) is 1. The number of thiol groups is 1. The number of carbonyl (C=O) groups excluding carboxylic acids is 3. The van der Waals surface area contributed by atoms with Gasteiger partial charge in [0.1, 0.15) is 24.2 Å². The fraction of sp³-hybridized carbons (Fsp3) is 0.562. The van der Waals surface area contributed by atoms with Crippen LogP contribution in [-0.4, -0.2) is 91.6 Å². The van der Waals surface area contributed by atoms with Crippen molar-refractivity contribution in [1.29, 1.82) is 0 Å². The van der Waals surface area contributed by atoms with Gasteiger partial charge in [-0.2, -0.15) is 12.6 Å². The van der Waals surface area contributed by atoms with Gasteiger partial charge in [0.25, 0.3) is 0 Å². The number of aliphatic hydroxyl groups excluding tert-OH is 2. The molecule has 0 radical (unpaired) electrons. The molecule has 0 bridgehead atoms. The molecule has 1 rings (SSSR count). The normalized spacial score (nSPS) is 15.9. The van der Waals surface area contributed by atoms with Gasteiger partial charge in [-0.1, -0.05) is 0 Å². The summed E-state index contributed by atoms with van der Waals surface area (Å²) >= 11 is 3.83. The molecule has 0 aliphatic heterocycles. The van der Waals surface area contributed by atoms with Crippen molar-refractivity contribution in [3.63, 3.8) is 0 Å². The van der Waals surface area contributed by atoms with Crippen molar-refractivity contribution in [2.75, 3.05) is 12.4 Å². The largest absolute Gasteiger partial charge is 0.480 e. The van der Waals surface area contributed by atoms with Crippen molar-refractivity contribution < 1.29 is 34.5 Å². The molecule has 9 N–H and O–H groups in total. The van der Waals surface area contributed by atoms with E-state index in [-0.39, 0.29) is 12.2 Å². The maximum Gasteiger partial charge on any atom is 0.327 e. The average molecular weight is 446 g/mol. The molecule has 14 heteroatoms. The van der Waals surface area contributed by atoms with Gasteiger partial charge in [0.05, 0.1) is 19.0 Å². The second kappa shape index (κ2) is 12.1. The van der Waals surface area contributed by atoms with Crippen molar-refractivity contribution in [2.45, 2.75) is 43.6 Å². The minimum Gasteiger partial charge on any atom is -0.480 e.